The Morgan fingerprint density at radius 3 is 2.37 bits per heavy atom. The third-order valence-corrected chi connectivity index (χ3v) is 6.80. The second-order valence-electron chi connectivity index (χ2n) is 5.79. The van der Waals surface area contributed by atoms with E-state index in [1.165, 1.54) is 8.61 Å². The Morgan fingerprint density at radius 2 is 1.79 bits per heavy atom. The van der Waals surface area contributed by atoms with Crippen LogP contribution in [0.3, 0.4) is 0 Å². The highest BCUT2D eigenvalue weighted by molar-refractivity contribution is 7.86. The minimum atomic E-state index is -3.58. The average molecular weight is 288 g/mol. The van der Waals surface area contributed by atoms with Gasteiger partial charge < -0.3 is 5.11 Å². The van der Waals surface area contributed by atoms with Crippen molar-refractivity contribution in [3.63, 3.8) is 0 Å². The molecule has 0 aromatic carbocycles. The molecule has 0 aromatic rings. The van der Waals surface area contributed by atoms with Gasteiger partial charge in [-0.2, -0.15) is 17.0 Å². The molecule has 3 rings (SSSR count). The number of carboxylic acids is 1. The van der Waals surface area contributed by atoms with E-state index in [-0.39, 0.29) is 12.0 Å². The molecule has 3 unspecified atom stereocenters. The molecule has 0 spiro atoms. The Kier molecular flexibility index (Phi) is 3.31. The number of rotatable bonds is 3. The molecule has 2 aliphatic heterocycles. The summed E-state index contributed by atoms with van der Waals surface area (Å²) in [6.45, 7) is 1.06. The number of carboxylic acid groups (broad SMARTS) is 1. The lowest BCUT2D eigenvalue weighted by Gasteiger charge is -2.38. The Balaban J connectivity index is 1.92. The quantitative estimate of drug-likeness (QED) is 0.827. The van der Waals surface area contributed by atoms with Gasteiger partial charge in [0.2, 0.25) is 0 Å². The van der Waals surface area contributed by atoms with E-state index in [2.05, 4.69) is 0 Å². The Labute approximate surface area is 113 Å². The van der Waals surface area contributed by atoms with Gasteiger partial charge >= 0.3 is 5.97 Å². The predicted molar refractivity (Wildman–Crippen MR) is 68.7 cm³/mol. The molecule has 0 radical (unpaired) electrons. The summed E-state index contributed by atoms with van der Waals surface area (Å²) >= 11 is 0. The zero-order valence-electron chi connectivity index (χ0n) is 10.9. The molecule has 108 valence electrons. The van der Waals surface area contributed by atoms with Crippen molar-refractivity contribution >= 4 is 16.2 Å². The lowest BCUT2D eigenvalue weighted by molar-refractivity contribution is -0.141. The number of hydrogen-bond donors (Lipinski definition) is 1. The van der Waals surface area contributed by atoms with Gasteiger partial charge in [0.05, 0.1) is 0 Å². The van der Waals surface area contributed by atoms with Crippen molar-refractivity contribution in [2.75, 3.05) is 13.1 Å². The molecule has 2 heterocycles. The zero-order valence-corrected chi connectivity index (χ0v) is 11.7. The summed E-state index contributed by atoms with van der Waals surface area (Å²) in [5, 5.41) is 9.34. The van der Waals surface area contributed by atoms with E-state index < -0.39 is 22.2 Å². The topological polar surface area (TPSA) is 77.9 Å². The Hall–Kier alpha value is -0.660. The Bertz CT molecular complexity index is 474. The lowest BCUT2D eigenvalue weighted by atomic mass is 9.85. The first kappa shape index (κ1) is 13.3. The van der Waals surface area contributed by atoms with Crippen molar-refractivity contribution in [3.8, 4) is 0 Å². The van der Waals surface area contributed by atoms with Crippen molar-refractivity contribution in [2.45, 2.75) is 50.6 Å². The largest absolute Gasteiger partial charge is 0.480 e. The molecule has 3 aliphatic rings. The second kappa shape index (κ2) is 4.71. The SMILES string of the molecule is O=C(O)C1CC2CCCCC2N1S(=O)(=O)N1CCC1. The van der Waals surface area contributed by atoms with Crippen LogP contribution in [-0.4, -0.2) is 53.3 Å². The number of carbonyl (C=O) groups is 1. The van der Waals surface area contributed by atoms with Gasteiger partial charge in [-0.3, -0.25) is 4.79 Å². The van der Waals surface area contributed by atoms with E-state index in [4.69, 9.17) is 0 Å². The van der Waals surface area contributed by atoms with Crippen LogP contribution in [0, 0.1) is 5.92 Å². The normalized spacial score (nSPS) is 36.7. The smallest absolute Gasteiger partial charge is 0.322 e. The van der Waals surface area contributed by atoms with Crippen LogP contribution >= 0.6 is 0 Å². The number of fused-ring (bicyclic) bond motifs is 1. The van der Waals surface area contributed by atoms with E-state index in [0.29, 0.717) is 19.5 Å². The lowest BCUT2D eigenvalue weighted by Crippen LogP contribution is -2.55. The molecule has 0 aromatic heterocycles. The van der Waals surface area contributed by atoms with Crippen LogP contribution in [0.4, 0.5) is 0 Å². The van der Waals surface area contributed by atoms with Crippen molar-refractivity contribution < 1.29 is 18.3 Å². The van der Waals surface area contributed by atoms with Gasteiger partial charge in [0, 0.05) is 19.1 Å². The molecule has 1 aliphatic carbocycles. The van der Waals surface area contributed by atoms with Crippen LogP contribution in [0.1, 0.15) is 38.5 Å². The van der Waals surface area contributed by atoms with Crippen LogP contribution in [0.2, 0.25) is 0 Å². The standard InChI is InChI=1S/C12H20N2O4S/c15-12(16)11-8-9-4-1-2-5-10(9)14(11)19(17,18)13-6-3-7-13/h9-11H,1-8H2,(H,15,16). The molecule has 1 N–H and O–H groups in total. The minimum Gasteiger partial charge on any atom is -0.480 e. The van der Waals surface area contributed by atoms with E-state index in [1.807, 2.05) is 0 Å². The molecule has 3 fully saturated rings. The highest BCUT2D eigenvalue weighted by Crippen LogP contribution is 2.42. The summed E-state index contributed by atoms with van der Waals surface area (Å²) in [6.07, 6.45) is 5.21. The number of nitrogens with zero attached hydrogens (tertiary/aromatic N) is 2. The van der Waals surface area contributed by atoms with Gasteiger partial charge in [-0.25, -0.2) is 0 Å². The van der Waals surface area contributed by atoms with Crippen molar-refractivity contribution in [2.24, 2.45) is 5.92 Å². The molecule has 7 heteroatoms. The van der Waals surface area contributed by atoms with E-state index in [9.17, 15) is 18.3 Å². The highest BCUT2D eigenvalue weighted by Gasteiger charge is 2.52. The van der Waals surface area contributed by atoms with Gasteiger partial charge in [-0.1, -0.05) is 12.8 Å². The highest BCUT2D eigenvalue weighted by atomic mass is 32.2. The molecule has 2 saturated heterocycles. The van der Waals surface area contributed by atoms with Crippen LogP contribution < -0.4 is 0 Å². The van der Waals surface area contributed by atoms with Crippen molar-refractivity contribution in [3.05, 3.63) is 0 Å². The fourth-order valence-corrected chi connectivity index (χ4v) is 5.72. The fourth-order valence-electron chi connectivity index (χ4n) is 3.61. The molecular weight excluding hydrogens is 268 g/mol. The van der Waals surface area contributed by atoms with Gasteiger partial charge in [-0.05, 0) is 31.6 Å². The fraction of sp³-hybridized carbons (Fsp3) is 0.917. The molecule has 19 heavy (non-hydrogen) atoms. The summed E-state index contributed by atoms with van der Waals surface area (Å²) < 4.78 is 27.9. The van der Waals surface area contributed by atoms with Gasteiger partial charge in [0.1, 0.15) is 6.04 Å². The third kappa shape index (κ3) is 2.08. The molecular formula is C12H20N2O4S. The summed E-state index contributed by atoms with van der Waals surface area (Å²) in [4.78, 5) is 11.4. The molecule has 3 atom stereocenters. The first-order valence-corrected chi connectivity index (χ1v) is 8.43. The maximum Gasteiger partial charge on any atom is 0.322 e. The zero-order chi connectivity index (χ0) is 13.6. The summed E-state index contributed by atoms with van der Waals surface area (Å²) in [7, 11) is -3.58. The maximum atomic E-state index is 12.6. The third-order valence-electron chi connectivity index (χ3n) is 4.72. The van der Waals surface area contributed by atoms with Gasteiger partial charge in [0.15, 0.2) is 0 Å². The first-order valence-electron chi connectivity index (χ1n) is 7.03. The molecule has 1 saturated carbocycles. The van der Waals surface area contributed by atoms with Crippen LogP contribution in [0.5, 0.6) is 0 Å². The Morgan fingerprint density at radius 1 is 1.11 bits per heavy atom. The van der Waals surface area contributed by atoms with E-state index in [1.54, 1.807) is 0 Å². The van der Waals surface area contributed by atoms with Crippen LogP contribution in [-0.2, 0) is 15.0 Å². The average Bonchev–Trinajstić information content (AvgIpc) is 2.65. The first-order chi connectivity index (χ1) is 9.01. The predicted octanol–water partition coefficient (Wildman–Crippen LogP) is 0.655. The summed E-state index contributed by atoms with van der Waals surface area (Å²) in [5.74, 6) is -0.774. The van der Waals surface area contributed by atoms with E-state index in [0.717, 1.165) is 32.1 Å². The summed E-state index contributed by atoms with van der Waals surface area (Å²) in [5.41, 5.74) is 0. The number of hydrogen-bond acceptors (Lipinski definition) is 3. The second-order valence-corrected chi connectivity index (χ2v) is 7.63. The monoisotopic (exact) mass is 288 g/mol. The van der Waals surface area contributed by atoms with Crippen molar-refractivity contribution in [1.29, 1.82) is 0 Å². The van der Waals surface area contributed by atoms with Gasteiger partial charge in [-0.15, -0.1) is 0 Å². The van der Waals surface area contributed by atoms with Gasteiger partial charge in [0.25, 0.3) is 10.2 Å². The maximum absolute atomic E-state index is 12.6. The van der Waals surface area contributed by atoms with Crippen LogP contribution in [0.25, 0.3) is 0 Å². The summed E-state index contributed by atoms with van der Waals surface area (Å²) in [6, 6.07) is -0.959. The van der Waals surface area contributed by atoms with Crippen molar-refractivity contribution in [1.82, 2.24) is 8.61 Å². The molecule has 0 bridgehead atoms. The molecule has 0 amide bonds. The minimum absolute atomic E-state index is 0.0968. The molecule has 6 nitrogen and oxygen atoms in total. The number of aliphatic carboxylic acids is 1. The van der Waals surface area contributed by atoms with Crippen LogP contribution in [0.15, 0.2) is 0 Å². The van der Waals surface area contributed by atoms with E-state index >= 15 is 0 Å².